The number of amides is 5. The first-order chi connectivity index (χ1) is 27.9. The van der Waals surface area contributed by atoms with Crippen LogP contribution in [0, 0.1) is 12.0 Å². The van der Waals surface area contributed by atoms with Gasteiger partial charge in [0.15, 0.2) is 0 Å². The van der Waals surface area contributed by atoms with E-state index in [1.807, 2.05) is 41.3 Å². The molecule has 1 unspecified atom stereocenters. The number of halogens is 1. The molecule has 0 bridgehead atoms. The molecule has 14 heteroatoms. The smallest absolute Gasteiger partial charge is 0.262 e. The SMILES string of the molecule is [C-]#[N+]c1ccc(N2CC3(CCN(c4ccc(C(=O)N5CCN(C6CN(c7ccc8c(c7)C(=O)N(C7CCC(=O)N(C)C7=O)C8=O)C6)CC5)cc4)CC3)C[C@@H]2C)cc1Cl. The Balaban J connectivity index is 0.742. The Morgan fingerprint density at radius 1 is 0.810 bits per heavy atom. The molecule has 5 amide bonds. The number of benzene rings is 3. The summed E-state index contributed by atoms with van der Waals surface area (Å²) in [4.78, 5) is 81.9. The second-order valence-corrected chi connectivity index (χ2v) is 17.3. The monoisotopic (exact) mass is 802 g/mol. The molecule has 2 atom stereocenters. The lowest BCUT2D eigenvalue weighted by atomic mass is 9.76. The zero-order valence-electron chi connectivity index (χ0n) is 32.9. The summed E-state index contributed by atoms with van der Waals surface area (Å²) >= 11 is 6.38. The molecule has 5 saturated heterocycles. The van der Waals surface area contributed by atoms with E-state index in [0.29, 0.717) is 47.0 Å². The van der Waals surface area contributed by atoms with Gasteiger partial charge in [0.1, 0.15) is 6.04 Å². The minimum atomic E-state index is -0.969. The van der Waals surface area contributed by atoms with Gasteiger partial charge in [-0.1, -0.05) is 17.7 Å². The Morgan fingerprint density at radius 3 is 2.17 bits per heavy atom. The molecule has 3 aromatic carbocycles. The van der Waals surface area contributed by atoms with Crippen molar-refractivity contribution in [3.8, 4) is 0 Å². The van der Waals surface area contributed by atoms with E-state index >= 15 is 0 Å². The van der Waals surface area contributed by atoms with Crippen LogP contribution in [0.25, 0.3) is 4.85 Å². The minimum absolute atomic E-state index is 0.0585. The molecule has 1 spiro atoms. The van der Waals surface area contributed by atoms with Gasteiger partial charge in [0.2, 0.25) is 11.6 Å². The lowest BCUT2D eigenvalue weighted by Crippen LogP contribution is -2.63. The van der Waals surface area contributed by atoms with Crippen LogP contribution >= 0.6 is 11.6 Å². The van der Waals surface area contributed by atoms with Gasteiger partial charge >= 0.3 is 0 Å². The number of anilines is 3. The topological polar surface area (TPSA) is 112 Å². The predicted octanol–water partition coefficient (Wildman–Crippen LogP) is 5.17. The molecule has 5 fully saturated rings. The highest BCUT2D eigenvalue weighted by atomic mass is 35.5. The van der Waals surface area contributed by atoms with Crippen molar-refractivity contribution in [2.75, 3.05) is 80.7 Å². The molecule has 300 valence electrons. The third-order valence-corrected chi connectivity index (χ3v) is 13.9. The Morgan fingerprint density at radius 2 is 1.48 bits per heavy atom. The average molecular weight is 803 g/mol. The van der Waals surface area contributed by atoms with Crippen LogP contribution < -0.4 is 14.7 Å². The van der Waals surface area contributed by atoms with Gasteiger partial charge in [-0.25, -0.2) is 4.85 Å². The van der Waals surface area contributed by atoms with E-state index in [1.165, 1.54) is 7.05 Å². The van der Waals surface area contributed by atoms with Crippen molar-refractivity contribution in [1.29, 1.82) is 0 Å². The average Bonchev–Trinajstić information content (AvgIpc) is 3.67. The standard InChI is InChI=1S/C44H47ClN8O5/c1-28-24-44(27-52(28)32-9-11-37(46-2)36(45)23-32)14-16-48(17-15-44)30-6-4-29(5-7-30)40(55)50-20-18-49(19-21-50)33-25-51(26-33)31-8-10-34-35(22-31)42(57)53(41(34)56)38-12-13-39(54)47(3)43(38)58/h4-11,22-23,28,33,38H,12-21,24-27H2,1,3H3/t28-,38?/m0/s1. The molecule has 9 rings (SSSR count). The van der Waals surface area contributed by atoms with Crippen molar-refractivity contribution in [2.45, 2.75) is 57.2 Å². The number of rotatable bonds is 6. The fourth-order valence-electron chi connectivity index (χ4n) is 10.1. The van der Waals surface area contributed by atoms with Crippen LogP contribution in [-0.2, 0) is 9.59 Å². The molecule has 6 heterocycles. The summed E-state index contributed by atoms with van der Waals surface area (Å²) in [6, 6.07) is 18.9. The van der Waals surface area contributed by atoms with E-state index in [0.717, 1.165) is 91.9 Å². The number of hydrogen-bond acceptors (Lipinski definition) is 9. The summed E-state index contributed by atoms with van der Waals surface area (Å²) in [6.45, 7) is 17.0. The summed E-state index contributed by atoms with van der Waals surface area (Å²) in [6.07, 6.45) is 3.59. The highest BCUT2D eigenvalue weighted by molar-refractivity contribution is 6.33. The molecule has 0 aliphatic carbocycles. The molecule has 0 radical (unpaired) electrons. The van der Waals surface area contributed by atoms with Gasteiger partial charge in [-0.3, -0.25) is 38.7 Å². The van der Waals surface area contributed by atoms with Gasteiger partial charge < -0.3 is 19.6 Å². The van der Waals surface area contributed by atoms with Crippen molar-refractivity contribution in [2.24, 2.45) is 5.41 Å². The number of fused-ring (bicyclic) bond motifs is 1. The van der Waals surface area contributed by atoms with Crippen molar-refractivity contribution < 1.29 is 24.0 Å². The summed E-state index contributed by atoms with van der Waals surface area (Å²) in [5.41, 5.74) is 5.12. The number of piperidine rings is 2. The first kappa shape index (κ1) is 38.1. The lowest BCUT2D eigenvalue weighted by molar-refractivity contribution is -0.149. The van der Waals surface area contributed by atoms with Crippen LogP contribution in [0.4, 0.5) is 22.7 Å². The third kappa shape index (κ3) is 6.56. The van der Waals surface area contributed by atoms with E-state index < -0.39 is 23.8 Å². The van der Waals surface area contributed by atoms with Gasteiger partial charge in [-0.05, 0) is 92.6 Å². The quantitative estimate of drug-likeness (QED) is 0.247. The summed E-state index contributed by atoms with van der Waals surface area (Å²) < 4.78 is 0. The second kappa shape index (κ2) is 14.7. The number of hydrogen-bond donors (Lipinski definition) is 0. The van der Waals surface area contributed by atoms with Crippen LogP contribution in [0.5, 0.6) is 0 Å². The van der Waals surface area contributed by atoms with Crippen LogP contribution in [-0.4, -0.2) is 133 Å². The van der Waals surface area contributed by atoms with Crippen molar-refractivity contribution in [3.05, 3.63) is 93.8 Å². The van der Waals surface area contributed by atoms with Gasteiger partial charge in [0, 0.05) is 112 Å². The molecule has 0 N–H and O–H groups in total. The van der Waals surface area contributed by atoms with Gasteiger partial charge in [0.05, 0.1) is 17.7 Å². The highest BCUT2D eigenvalue weighted by Crippen LogP contribution is 2.46. The molecule has 13 nitrogen and oxygen atoms in total. The maximum absolute atomic E-state index is 13.6. The molecular formula is C44H47ClN8O5. The molecule has 0 aromatic heterocycles. The Hall–Kier alpha value is -5.45. The van der Waals surface area contributed by atoms with Gasteiger partial charge in [-0.2, -0.15) is 0 Å². The second-order valence-electron chi connectivity index (χ2n) is 16.9. The molecule has 58 heavy (non-hydrogen) atoms. The summed E-state index contributed by atoms with van der Waals surface area (Å²) in [5, 5.41) is 0.510. The van der Waals surface area contributed by atoms with Crippen LogP contribution in [0.3, 0.4) is 0 Å². The largest absolute Gasteiger partial charge is 0.371 e. The summed E-state index contributed by atoms with van der Waals surface area (Å²) in [7, 11) is 1.39. The number of likely N-dealkylation sites (N-methyl/N-ethyl adjacent to an activating group) is 1. The molecular weight excluding hydrogens is 756 g/mol. The van der Waals surface area contributed by atoms with Gasteiger partial charge in [-0.15, -0.1) is 0 Å². The molecule has 0 saturated carbocycles. The zero-order chi connectivity index (χ0) is 40.5. The Kier molecular flexibility index (Phi) is 9.68. The van der Waals surface area contributed by atoms with Crippen LogP contribution in [0.2, 0.25) is 5.02 Å². The van der Waals surface area contributed by atoms with E-state index in [9.17, 15) is 24.0 Å². The number of carbonyl (C=O) groups excluding carboxylic acids is 5. The Bertz CT molecular complexity index is 2240. The van der Waals surface area contributed by atoms with Crippen LogP contribution in [0.15, 0.2) is 60.7 Å². The first-order valence-electron chi connectivity index (χ1n) is 20.3. The fourth-order valence-corrected chi connectivity index (χ4v) is 10.3. The minimum Gasteiger partial charge on any atom is -0.371 e. The van der Waals surface area contributed by atoms with E-state index in [1.54, 1.807) is 12.1 Å². The molecule has 3 aromatic rings. The van der Waals surface area contributed by atoms with Crippen molar-refractivity contribution in [1.82, 2.24) is 19.6 Å². The number of imide groups is 2. The zero-order valence-corrected chi connectivity index (χ0v) is 33.7. The normalized spacial score (nSPS) is 23.8. The predicted molar refractivity (Wildman–Crippen MR) is 221 cm³/mol. The van der Waals surface area contributed by atoms with Crippen LogP contribution in [0.1, 0.15) is 70.1 Å². The van der Waals surface area contributed by atoms with Crippen molar-refractivity contribution in [3.63, 3.8) is 0 Å². The molecule has 6 aliphatic heterocycles. The van der Waals surface area contributed by atoms with Gasteiger partial charge in [0.25, 0.3) is 23.6 Å². The van der Waals surface area contributed by atoms with E-state index in [4.69, 9.17) is 18.2 Å². The number of carbonyl (C=O) groups is 5. The first-order valence-corrected chi connectivity index (χ1v) is 20.7. The highest BCUT2D eigenvalue weighted by Gasteiger charge is 2.47. The molecule has 6 aliphatic rings. The third-order valence-electron chi connectivity index (χ3n) is 13.6. The number of nitrogens with zero attached hydrogens (tertiary/aromatic N) is 8. The van der Waals surface area contributed by atoms with E-state index in [2.05, 4.69) is 43.5 Å². The van der Waals surface area contributed by atoms with Crippen molar-refractivity contribution >= 4 is 63.9 Å². The maximum Gasteiger partial charge on any atom is 0.262 e. The fraction of sp³-hybridized carbons (Fsp3) is 0.455. The maximum atomic E-state index is 13.6. The van der Waals surface area contributed by atoms with E-state index in [-0.39, 0.29) is 35.6 Å². The number of likely N-dealkylation sites (tertiary alicyclic amines) is 1. The lowest BCUT2D eigenvalue weighted by Gasteiger charge is -2.49. The Labute approximate surface area is 343 Å². The summed E-state index contributed by atoms with van der Waals surface area (Å²) in [5.74, 6) is -1.76. The number of piperazine rings is 1.